The first-order valence-electron chi connectivity index (χ1n) is 5.95. The number of carbonyl (C=O) groups is 1. The Morgan fingerprint density at radius 2 is 1.14 bits per heavy atom. The Morgan fingerprint density at radius 3 is 1.52 bits per heavy atom. The molecule has 0 saturated carbocycles. The maximum atomic E-state index is 11.0. The molecular weight excluding hydrogens is 310 g/mol. The van der Waals surface area contributed by atoms with Crippen LogP contribution in [0.2, 0.25) is 0 Å². The van der Waals surface area contributed by atoms with E-state index in [0.29, 0.717) is 22.2 Å². The fourth-order valence-corrected chi connectivity index (χ4v) is 0.862. The number of Topliss-reactive ketones (excluding diaryl/α,β-unsaturated/α-hetero) is 1. The average Bonchev–Trinajstić information content (AvgIpc) is 2.46. The second-order valence-corrected chi connectivity index (χ2v) is 4.71. The number of rotatable bonds is 5. The molecule has 4 N–H and O–H groups in total. The highest BCUT2D eigenvalue weighted by Gasteiger charge is 2.00. The SMILES string of the molecule is CNC(=S)NN=C(C)C(C)=NNC(=S)N/N=C(\C)C(C)=O. The van der Waals surface area contributed by atoms with E-state index < -0.39 is 0 Å². The molecule has 0 fully saturated rings. The molecule has 0 radical (unpaired) electrons. The Kier molecular flexibility index (Phi) is 8.97. The van der Waals surface area contributed by atoms with Crippen LogP contribution < -0.4 is 21.6 Å². The zero-order chi connectivity index (χ0) is 16.4. The molecule has 0 aromatic rings. The molecule has 0 aromatic heterocycles. The summed E-state index contributed by atoms with van der Waals surface area (Å²) in [5, 5.41) is 15.1. The molecule has 0 aliphatic carbocycles. The third-order valence-corrected chi connectivity index (χ3v) is 2.71. The summed E-state index contributed by atoms with van der Waals surface area (Å²) < 4.78 is 0. The molecule has 0 saturated heterocycles. The minimum Gasteiger partial charge on any atom is -0.364 e. The summed E-state index contributed by atoms with van der Waals surface area (Å²) >= 11 is 9.84. The summed E-state index contributed by atoms with van der Waals surface area (Å²) in [5.74, 6) is -0.139. The van der Waals surface area contributed by atoms with Crippen LogP contribution >= 0.6 is 24.4 Å². The number of nitrogens with one attached hydrogen (secondary N) is 4. The van der Waals surface area contributed by atoms with Gasteiger partial charge in [-0.05, 0) is 45.2 Å². The second-order valence-electron chi connectivity index (χ2n) is 3.89. The Bertz CT molecular complexity index is 511. The number of nitrogens with zero attached hydrogens (tertiary/aromatic N) is 3. The fraction of sp³-hybridized carbons (Fsp3) is 0.455. The molecule has 0 heterocycles. The number of thiocarbonyl (C=S) groups is 2. The van der Waals surface area contributed by atoms with Crippen LogP contribution in [0.4, 0.5) is 0 Å². The number of hydrogen-bond acceptors (Lipinski definition) is 6. The maximum absolute atomic E-state index is 11.0. The number of hydrazone groups is 3. The van der Waals surface area contributed by atoms with Gasteiger partial charge in [0.2, 0.25) is 5.11 Å². The first-order chi connectivity index (χ1) is 9.77. The van der Waals surface area contributed by atoms with Crippen molar-refractivity contribution in [3.8, 4) is 0 Å². The molecule has 0 rings (SSSR count). The Balaban J connectivity index is 4.46. The van der Waals surface area contributed by atoms with Crippen LogP contribution in [-0.2, 0) is 4.79 Å². The van der Waals surface area contributed by atoms with Gasteiger partial charge in [0.1, 0.15) is 5.71 Å². The normalized spacial score (nSPS) is 12.5. The first-order valence-corrected chi connectivity index (χ1v) is 6.77. The summed E-state index contributed by atoms with van der Waals surface area (Å²) in [4.78, 5) is 11.0. The fourth-order valence-electron chi connectivity index (χ4n) is 0.725. The summed E-state index contributed by atoms with van der Waals surface area (Å²) in [6, 6.07) is 0. The predicted octanol–water partition coefficient (Wildman–Crippen LogP) is 0.261. The number of ketones is 1. The maximum Gasteiger partial charge on any atom is 0.207 e. The van der Waals surface area contributed by atoms with Crippen LogP contribution in [0, 0.1) is 0 Å². The van der Waals surface area contributed by atoms with Gasteiger partial charge in [-0.3, -0.25) is 21.1 Å². The summed E-state index contributed by atoms with van der Waals surface area (Å²) in [6.07, 6.45) is 0. The van der Waals surface area contributed by atoms with E-state index in [9.17, 15) is 4.79 Å². The van der Waals surface area contributed by atoms with Gasteiger partial charge in [-0.15, -0.1) is 0 Å². The molecule has 0 spiro atoms. The Hall–Kier alpha value is -1.94. The lowest BCUT2D eigenvalue weighted by Crippen LogP contribution is -2.32. The van der Waals surface area contributed by atoms with Crippen LogP contribution in [0.5, 0.6) is 0 Å². The van der Waals surface area contributed by atoms with E-state index in [-0.39, 0.29) is 10.9 Å². The van der Waals surface area contributed by atoms with Crippen molar-refractivity contribution in [1.29, 1.82) is 0 Å². The zero-order valence-electron chi connectivity index (χ0n) is 12.6. The molecule has 21 heavy (non-hydrogen) atoms. The Morgan fingerprint density at radius 1 is 0.762 bits per heavy atom. The molecule has 0 amide bonds. The summed E-state index contributed by atoms with van der Waals surface area (Å²) in [6.45, 7) is 6.52. The van der Waals surface area contributed by atoms with Crippen LogP contribution in [-0.4, -0.2) is 40.2 Å². The van der Waals surface area contributed by atoms with Gasteiger partial charge < -0.3 is 5.32 Å². The molecule has 0 unspecified atom stereocenters. The third kappa shape index (κ3) is 8.76. The quantitative estimate of drug-likeness (QED) is 0.326. The van der Waals surface area contributed by atoms with Crippen LogP contribution in [0.15, 0.2) is 15.3 Å². The van der Waals surface area contributed by atoms with E-state index in [2.05, 4.69) is 36.9 Å². The zero-order valence-corrected chi connectivity index (χ0v) is 14.2. The highest BCUT2D eigenvalue weighted by Crippen LogP contribution is 1.83. The largest absolute Gasteiger partial charge is 0.364 e. The summed E-state index contributed by atoms with van der Waals surface area (Å²) in [5.41, 5.74) is 9.31. The van der Waals surface area contributed by atoms with Crippen LogP contribution in [0.25, 0.3) is 0 Å². The smallest absolute Gasteiger partial charge is 0.207 e. The lowest BCUT2D eigenvalue weighted by molar-refractivity contribution is -0.111. The van der Waals surface area contributed by atoms with Gasteiger partial charge in [-0.25, -0.2) is 0 Å². The van der Waals surface area contributed by atoms with Gasteiger partial charge in [0.15, 0.2) is 10.9 Å². The van der Waals surface area contributed by atoms with Gasteiger partial charge in [0.05, 0.1) is 11.4 Å². The summed E-state index contributed by atoms with van der Waals surface area (Å²) in [7, 11) is 1.69. The lowest BCUT2D eigenvalue weighted by Gasteiger charge is -2.05. The molecule has 10 heteroatoms. The first kappa shape index (κ1) is 19.1. The van der Waals surface area contributed by atoms with Crippen molar-refractivity contribution in [2.75, 3.05) is 7.05 Å². The van der Waals surface area contributed by atoms with Crippen molar-refractivity contribution in [3.63, 3.8) is 0 Å². The van der Waals surface area contributed by atoms with Crippen molar-refractivity contribution in [1.82, 2.24) is 21.6 Å². The van der Waals surface area contributed by atoms with Crippen LogP contribution in [0.1, 0.15) is 27.7 Å². The lowest BCUT2D eigenvalue weighted by atomic mass is 10.3. The molecule has 8 nitrogen and oxygen atoms in total. The van der Waals surface area contributed by atoms with Gasteiger partial charge in [0, 0.05) is 14.0 Å². The molecule has 0 bridgehead atoms. The van der Waals surface area contributed by atoms with E-state index in [0.717, 1.165) is 0 Å². The molecule has 0 aromatic carbocycles. The van der Waals surface area contributed by atoms with Gasteiger partial charge in [-0.2, -0.15) is 15.3 Å². The highest BCUT2D eigenvalue weighted by molar-refractivity contribution is 7.80. The van der Waals surface area contributed by atoms with Gasteiger partial charge in [-0.1, -0.05) is 0 Å². The Labute approximate surface area is 134 Å². The molecule has 0 aliphatic heterocycles. The number of carbonyl (C=O) groups excluding carboxylic acids is 1. The minimum atomic E-state index is -0.139. The van der Waals surface area contributed by atoms with E-state index in [1.54, 1.807) is 27.8 Å². The third-order valence-electron chi connectivity index (χ3n) is 2.24. The predicted molar refractivity (Wildman–Crippen MR) is 93.7 cm³/mol. The van der Waals surface area contributed by atoms with Gasteiger partial charge in [0.25, 0.3) is 0 Å². The minimum absolute atomic E-state index is 0.139. The second kappa shape index (κ2) is 9.88. The molecular formula is C11H19N7OS2. The van der Waals surface area contributed by atoms with Crippen molar-refractivity contribution in [3.05, 3.63) is 0 Å². The van der Waals surface area contributed by atoms with Crippen molar-refractivity contribution < 1.29 is 4.79 Å². The van der Waals surface area contributed by atoms with E-state index in [1.165, 1.54) is 6.92 Å². The van der Waals surface area contributed by atoms with Crippen LogP contribution in [0.3, 0.4) is 0 Å². The molecule has 0 aliphatic rings. The van der Waals surface area contributed by atoms with E-state index in [4.69, 9.17) is 24.4 Å². The van der Waals surface area contributed by atoms with Crippen molar-refractivity contribution in [2.45, 2.75) is 27.7 Å². The molecule has 116 valence electrons. The number of hydrogen-bond donors (Lipinski definition) is 4. The standard InChI is InChI=1S/C11H19N7OS2/c1-6(13-16-10(20)12-5)7(2)14-17-11(21)18-15-8(3)9(4)19/h1-5H3,(H2,12,16,20)(H2,17,18,21)/b13-6?,14-7?,15-8+. The van der Waals surface area contributed by atoms with Gasteiger partial charge >= 0.3 is 0 Å². The molecule has 0 atom stereocenters. The van der Waals surface area contributed by atoms with E-state index in [1.807, 2.05) is 0 Å². The van der Waals surface area contributed by atoms with E-state index >= 15 is 0 Å². The topological polar surface area (TPSA) is 102 Å². The monoisotopic (exact) mass is 329 g/mol. The highest BCUT2D eigenvalue weighted by atomic mass is 32.1. The average molecular weight is 329 g/mol. The van der Waals surface area contributed by atoms with Crippen molar-refractivity contribution in [2.24, 2.45) is 15.3 Å². The van der Waals surface area contributed by atoms with Crippen molar-refractivity contribution >= 4 is 57.6 Å².